The summed E-state index contributed by atoms with van der Waals surface area (Å²) in [5.74, 6) is 0. The van der Waals surface area contributed by atoms with Gasteiger partial charge in [0.05, 0.1) is 0 Å². The molecule has 0 unspecified atom stereocenters. The number of methoxy groups -OCH3 is 1. The summed E-state index contributed by atoms with van der Waals surface area (Å²) in [4.78, 5) is 9.42. The Balaban J connectivity index is 0.000000713. The molecule has 1 aromatic carbocycles. The zero-order valence-corrected chi connectivity index (χ0v) is 14.0. The number of thiophene rings is 1. The molecule has 0 radical (unpaired) electrons. The molecular weight excluding hydrogens is 306 g/mol. The summed E-state index contributed by atoms with van der Waals surface area (Å²) in [5, 5.41) is 6.36. The van der Waals surface area contributed by atoms with Crippen LogP contribution in [0.15, 0.2) is 41.8 Å². The molecule has 0 atom stereocenters. The van der Waals surface area contributed by atoms with Gasteiger partial charge in [-0.05, 0) is 29.5 Å². The molecule has 0 aliphatic carbocycles. The number of hydrogen-bond donors (Lipinski definition) is 1. The van der Waals surface area contributed by atoms with Crippen LogP contribution in [0.2, 0.25) is 5.02 Å². The molecule has 0 fully saturated rings. The van der Waals surface area contributed by atoms with Gasteiger partial charge in [0, 0.05) is 37.2 Å². The molecule has 2 rings (SSSR count). The number of nitrogens with one attached hydrogen (secondary N) is 1. The molecule has 0 saturated heterocycles. The highest BCUT2D eigenvalue weighted by Gasteiger charge is 1.98. The van der Waals surface area contributed by atoms with Crippen molar-refractivity contribution in [2.45, 2.75) is 13.0 Å². The fourth-order valence-corrected chi connectivity index (χ4v) is 2.44. The number of carbonyl (C=O) groups excluding carboxylic acids is 1. The molecular formula is C16H22ClNO2S. The van der Waals surface area contributed by atoms with Crippen LogP contribution in [0, 0.1) is 0 Å². The SMILES string of the molecule is C=O.COC.Clc1ccccc1CNCCc1cccs1. The van der Waals surface area contributed by atoms with Gasteiger partial charge in [0.15, 0.2) is 0 Å². The van der Waals surface area contributed by atoms with Gasteiger partial charge in [0.25, 0.3) is 0 Å². The Morgan fingerprint density at radius 1 is 1.19 bits per heavy atom. The summed E-state index contributed by atoms with van der Waals surface area (Å²) in [6.45, 7) is 3.83. The van der Waals surface area contributed by atoms with E-state index in [0.29, 0.717) is 0 Å². The van der Waals surface area contributed by atoms with Crippen LogP contribution >= 0.6 is 22.9 Å². The largest absolute Gasteiger partial charge is 0.388 e. The van der Waals surface area contributed by atoms with E-state index in [0.717, 1.165) is 30.1 Å². The van der Waals surface area contributed by atoms with Crippen molar-refractivity contribution in [2.24, 2.45) is 0 Å². The number of halogens is 1. The summed E-state index contributed by atoms with van der Waals surface area (Å²) in [5.41, 5.74) is 1.16. The predicted octanol–water partition coefficient (Wildman–Crippen LogP) is 3.81. The maximum Gasteiger partial charge on any atom is 0.106 e. The van der Waals surface area contributed by atoms with Crippen molar-refractivity contribution in [1.82, 2.24) is 5.32 Å². The number of hydrogen-bond acceptors (Lipinski definition) is 4. The lowest BCUT2D eigenvalue weighted by molar-refractivity contribution is -0.0979. The van der Waals surface area contributed by atoms with Crippen molar-refractivity contribution in [3.63, 3.8) is 0 Å². The maximum absolute atomic E-state index is 8.00. The molecule has 0 spiro atoms. The molecule has 3 nitrogen and oxygen atoms in total. The van der Waals surface area contributed by atoms with Crippen LogP contribution in [0.4, 0.5) is 0 Å². The monoisotopic (exact) mass is 327 g/mol. The Hall–Kier alpha value is -1.20. The summed E-state index contributed by atoms with van der Waals surface area (Å²) < 4.78 is 4.25. The quantitative estimate of drug-likeness (QED) is 0.849. The molecule has 0 aliphatic rings. The first-order valence-corrected chi connectivity index (χ1v) is 7.69. The third-order valence-corrected chi connectivity index (χ3v) is 3.71. The lowest BCUT2D eigenvalue weighted by Crippen LogP contribution is -2.16. The lowest BCUT2D eigenvalue weighted by atomic mass is 10.2. The zero-order chi connectivity index (χ0) is 15.9. The molecule has 1 N–H and O–H groups in total. The molecule has 0 bridgehead atoms. The molecule has 0 amide bonds. The average Bonchev–Trinajstić information content (AvgIpc) is 3.02. The fourth-order valence-electron chi connectivity index (χ4n) is 1.53. The van der Waals surface area contributed by atoms with Crippen LogP contribution in [-0.4, -0.2) is 27.6 Å². The highest BCUT2D eigenvalue weighted by atomic mass is 35.5. The maximum atomic E-state index is 8.00. The van der Waals surface area contributed by atoms with Gasteiger partial charge in [-0.1, -0.05) is 35.9 Å². The van der Waals surface area contributed by atoms with Gasteiger partial charge in [-0.2, -0.15) is 0 Å². The van der Waals surface area contributed by atoms with E-state index in [1.807, 2.05) is 25.0 Å². The molecule has 1 heterocycles. The Morgan fingerprint density at radius 3 is 2.43 bits per heavy atom. The molecule has 116 valence electrons. The van der Waals surface area contributed by atoms with Gasteiger partial charge in [-0.15, -0.1) is 11.3 Å². The van der Waals surface area contributed by atoms with Gasteiger partial charge in [-0.25, -0.2) is 0 Å². The standard InChI is InChI=1S/C13H14ClNS.C2H6O.CH2O/c14-13-6-2-1-4-11(13)10-15-8-7-12-5-3-9-16-12;1-3-2;1-2/h1-6,9,15H,7-8,10H2;1-2H3;1H2. The van der Waals surface area contributed by atoms with E-state index in [-0.39, 0.29) is 0 Å². The topological polar surface area (TPSA) is 38.3 Å². The Bertz CT molecular complexity index is 463. The number of rotatable bonds is 5. The van der Waals surface area contributed by atoms with Crippen molar-refractivity contribution < 1.29 is 9.53 Å². The second-order valence-electron chi connectivity index (χ2n) is 4.01. The average molecular weight is 328 g/mol. The van der Waals surface area contributed by atoms with Crippen molar-refractivity contribution in [2.75, 3.05) is 20.8 Å². The van der Waals surface area contributed by atoms with Crippen LogP contribution in [0.25, 0.3) is 0 Å². The first-order chi connectivity index (χ1) is 10.3. The third kappa shape index (κ3) is 9.37. The van der Waals surface area contributed by atoms with Gasteiger partial charge in [-0.3, -0.25) is 0 Å². The van der Waals surface area contributed by atoms with E-state index in [1.165, 1.54) is 4.88 Å². The molecule has 1 aromatic heterocycles. The second-order valence-corrected chi connectivity index (χ2v) is 5.45. The lowest BCUT2D eigenvalue weighted by Gasteiger charge is -2.05. The highest BCUT2D eigenvalue weighted by Crippen LogP contribution is 2.14. The van der Waals surface area contributed by atoms with Crippen molar-refractivity contribution in [1.29, 1.82) is 0 Å². The number of carbonyl (C=O) groups is 1. The van der Waals surface area contributed by atoms with Gasteiger partial charge in [0.1, 0.15) is 6.79 Å². The molecule has 0 saturated carbocycles. The summed E-state index contributed by atoms with van der Waals surface area (Å²) >= 11 is 7.87. The Kier molecular flexibility index (Phi) is 13.0. The van der Waals surface area contributed by atoms with Crippen LogP contribution in [0.5, 0.6) is 0 Å². The molecule has 0 aliphatic heterocycles. The molecule has 5 heteroatoms. The number of benzene rings is 1. The van der Waals surface area contributed by atoms with E-state index in [4.69, 9.17) is 16.4 Å². The minimum Gasteiger partial charge on any atom is -0.388 e. The van der Waals surface area contributed by atoms with Crippen LogP contribution in [-0.2, 0) is 22.5 Å². The fraction of sp³-hybridized carbons (Fsp3) is 0.312. The van der Waals surface area contributed by atoms with E-state index in [2.05, 4.69) is 33.6 Å². The van der Waals surface area contributed by atoms with Crippen molar-refractivity contribution >= 4 is 29.7 Å². The van der Waals surface area contributed by atoms with Crippen LogP contribution in [0.3, 0.4) is 0 Å². The van der Waals surface area contributed by atoms with Crippen molar-refractivity contribution in [3.05, 3.63) is 57.2 Å². The molecule has 2 aromatic rings. The first kappa shape index (κ1) is 19.8. The normalized spacial score (nSPS) is 9.10. The van der Waals surface area contributed by atoms with E-state index >= 15 is 0 Å². The van der Waals surface area contributed by atoms with E-state index in [9.17, 15) is 0 Å². The van der Waals surface area contributed by atoms with E-state index < -0.39 is 0 Å². The van der Waals surface area contributed by atoms with Crippen LogP contribution in [0.1, 0.15) is 10.4 Å². The molecule has 21 heavy (non-hydrogen) atoms. The minimum atomic E-state index is 0.838. The third-order valence-electron chi connectivity index (χ3n) is 2.40. The Morgan fingerprint density at radius 2 is 1.86 bits per heavy atom. The predicted molar refractivity (Wildman–Crippen MR) is 91.2 cm³/mol. The first-order valence-electron chi connectivity index (χ1n) is 6.43. The van der Waals surface area contributed by atoms with Gasteiger partial charge in [0.2, 0.25) is 0 Å². The second kappa shape index (κ2) is 13.8. The van der Waals surface area contributed by atoms with E-state index in [1.54, 1.807) is 25.6 Å². The van der Waals surface area contributed by atoms with Crippen LogP contribution < -0.4 is 5.32 Å². The van der Waals surface area contributed by atoms with Crippen molar-refractivity contribution in [3.8, 4) is 0 Å². The summed E-state index contributed by atoms with van der Waals surface area (Å²) in [6.07, 6.45) is 1.09. The summed E-state index contributed by atoms with van der Waals surface area (Å²) in [7, 11) is 3.25. The smallest absolute Gasteiger partial charge is 0.106 e. The van der Waals surface area contributed by atoms with Gasteiger partial charge < -0.3 is 14.8 Å². The zero-order valence-electron chi connectivity index (χ0n) is 12.5. The minimum absolute atomic E-state index is 0.838. The highest BCUT2D eigenvalue weighted by molar-refractivity contribution is 7.09. The van der Waals surface area contributed by atoms with Gasteiger partial charge >= 0.3 is 0 Å². The number of ether oxygens (including phenoxy) is 1. The Labute approximate surface area is 135 Å². The summed E-state index contributed by atoms with van der Waals surface area (Å²) in [6, 6.07) is 12.2.